The lowest BCUT2D eigenvalue weighted by molar-refractivity contribution is -0.137. The molecule has 0 atom stereocenters. The average Bonchev–Trinajstić information content (AvgIpc) is 2.59. The molecule has 136 valence electrons. The van der Waals surface area contributed by atoms with E-state index in [2.05, 4.69) is 22.3 Å². The van der Waals surface area contributed by atoms with E-state index < -0.39 is 17.6 Å². The zero-order valence-corrected chi connectivity index (χ0v) is 13.6. The van der Waals surface area contributed by atoms with Crippen LogP contribution in [0.4, 0.5) is 13.2 Å². The first-order chi connectivity index (χ1) is 12.3. The van der Waals surface area contributed by atoms with E-state index in [4.69, 9.17) is 4.74 Å². The van der Waals surface area contributed by atoms with E-state index in [0.717, 1.165) is 16.8 Å². The van der Waals surface area contributed by atoms with Gasteiger partial charge in [-0.3, -0.25) is 9.59 Å². The van der Waals surface area contributed by atoms with E-state index in [1.165, 1.54) is 31.3 Å². The number of halogens is 3. The summed E-state index contributed by atoms with van der Waals surface area (Å²) in [7, 11) is 1.42. The molecule has 2 rings (SSSR count). The molecule has 1 amide bonds. The molecule has 9 heteroatoms. The molecule has 1 heterocycles. The molecule has 26 heavy (non-hydrogen) atoms. The number of rotatable bonds is 4. The fraction of sp³-hybridized carbons (Fsp3) is 0.235. The molecule has 0 saturated carbocycles. The van der Waals surface area contributed by atoms with Gasteiger partial charge in [0.1, 0.15) is 18.1 Å². The quantitative estimate of drug-likeness (QED) is 0.836. The largest absolute Gasteiger partial charge is 0.481 e. The van der Waals surface area contributed by atoms with Gasteiger partial charge in [0.25, 0.3) is 11.5 Å². The molecule has 0 fully saturated rings. The van der Waals surface area contributed by atoms with Crippen LogP contribution in [-0.2, 0) is 13.2 Å². The smallest absolute Gasteiger partial charge is 0.416 e. The molecule has 0 aliphatic carbocycles. The van der Waals surface area contributed by atoms with E-state index in [1.54, 1.807) is 0 Å². The Kier molecular flexibility index (Phi) is 6.01. The lowest BCUT2D eigenvalue weighted by atomic mass is 10.2. The summed E-state index contributed by atoms with van der Waals surface area (Å²) < 4.78 is 43.9. The summed E-state index contributed by atoms with van der Waals surface area (Å²) in [6.45, 7) is -0.134. The van der Waals surface area contributed by atoms with Crippen LogP contribution >= 0.6 is 0 Å². The second-order valence-electron chi connectivity index (χ2n) is 5.03. The number of ether oxygens (including phenoxy) is 1. The van der Waals surface area contributed by atoms with Gasteiger partial charge in [0.05, 0.1) is 12.1 Å². The number of hydrogen-bond acceptors (Lipinski definition) is 4. The van der Waals surface area contributed by atoms with Gasteiger partial charge < -0.3 is 10.1 Å². The van der Waals surface area contributed by atoms with Crippen molar-refractivity contribution in [1.29, 1.82) is 0 Å². The predicted molar refractivity (Wildman–Crippen MR) is 86.5 cm³/mol. The van der Waals surface area contributed by atoms with Gasteiger partial charge in [-0.25, -0.2) is 4.68 Å². The molecule has 0 radical (unpaired) electrons. The fourth-order valence-corrected chi connectivity index (χ4v) is 1.83. The van der Waals surface area contributed by atoms with Crippen molar-refractivity contribution < 1.29 is 22.7 Å². The molecule has 0 saturated heterocycles. The monoisotopic (exact) mass is 365 g/mol. The number of amides is 1. The molecule has 1 N–H and O–H groups in total. The van der Waals surface area contributed by atoms with Crippen LogP contribution in [-0.4, -0.2) is 28.8 Å². The first-order valence-electron chi connectivity index (χ1n) is 7.36. The zero-order chi connectivity index (χ0) is 19.2. The van der Waals surface area contributed by atoms with Crippen molar-refractivity contribution in [1.82, 2.24) is 15.1 Å². The number of aryl methyl sites for hydroxylation is 1. The van der Waals surface area contributed by atoms with E-state index in [9.17, 15) is 22.8 Å². The Bertz CT molecular complexity index is 911. The molecule has 0 spiro atoms. The molecule has 0 aliphatic rings. The summed E-state index contributed by atoms with van der Waals surface area (Å²) in [5.41, 5.74) is -1.08. The maximum absolute atomic E-state index is 12.6. The van der Waals surface area contributed by atoms with E-state index in [1.807, 2.05) is 0 Å². The van der Waals surface area contributed by atoms with E-state index >= 15 is 0 Å². The minimum absolute atomic E-state index is 0.00466. The van der Waals surface area contributed by atoms with Gasteiger partial charge in [0, 0.05) is 13.1 Å². The van der Waals surface area contributed by atoms with Crippen molar-refractivity contribution in [2.75, 3.05) is 13.2 Å². The standard InChI is InChI=1S/C17H14F3N3O3/c1-23-15(24)8-7-14(22-23)16(25)21-9-2-3-10-26-13-6-4-5-12(11-13)17(18,19)20/h4-8,11H,9-10H2,1H3,(H,21,25). The fourth-order valence-electron chi connectivity index (χ4n) is 1.83. The lowest BCUT2D eigenvalue weighted by Gasteiger charge is -2.08. The Morgan fingerprint density at radius 2 is 2.04 bits per heavy atom. The van der Waals surface area contributed by atoms with Crippen LogP contribution < -0.4 is 15.6 Å². The normalized spacial score (nSPS) is 10.6. The highest BCUT2D eigenvalue weighted by Gasteiger charge is 2.30. The molecule has 0 aliphatic heterocycles. The van der Waals surface area contributed by atoms with Crippen molar-refractivity contribution in [2.45, 2.75) is 6.18 Å². The third-order valence-electron chi connectivity index (χ3n) is 3.13. The van der Waals surface area contributed by atoms with Gasteiger partial charge in [0.2, 0.25) is 0 Å². The number of aromatic nitrogens is 2. The van der Waals surface area contributed by atoms with Gasteiger partial charge in [-0.1, -0.05) is 17.9 Å². The highest BCUT2D eigenvalue weighted by Crippen LogP contribution is 2.31. The second-order valence-corrected chi connectivity index (χ2v) is 5.03. The number of carbonyl (C=O) groups excluding carboxylic acids is 1. The molecule has 1 aromatic heterocycles. The lowest BCUT2D eigenvalue weighted by Crippen LogP contribution is -2.28. The SMILES string of the molecule is Cn1nc(C(=O)NCC#CCOc2cccc(C(F)(F)F)c2)ccc1=O. The Labute approximate surface area is 146 Å². The highest BCUT2D eigenvalue weighted by atomic mass is 19.4. The number of nitrogens with one attached hydrogen (secondary N) is 1. The topological polar surface area (TPSA) is 73.2 Å². The van der Waals surface area contributed by atoms with Crippen LogP contribution in [0, 0.1) is 11.8 Å². The molecule has 6 nitrogen and oxygen atoms in total. The van der Waals surface area contributed by atoms with Crippen molar-refractivity contribution in [3.63, 3.8) is 0 Å². The number of carbonyl (C=O) groups is 1. The molecular formula is C17H14F3N3O3. The average molecular weight is 365 g/mol. The van der Waals surface area contributed by atoms with Gasteiger partial charge in [-0.05, 0) is 24.3 Å². The van der Waals surface area contributed by atoms with Gasteiger partial charge in [0.15, 0.2) is 0 Å². The third-order valence-corrected chi connectivity index (χ3v) is 3.13. The van der Waals surface area contributed by atoms with Crippen molar-refractivity contribution in [3.8, 4) is 17.6 Å². The summed E-state index contributed by atoms with van der Waals surface area (Å²) in [5, 5.41) is 6.26. The Morgan fingerprint density at radius 1 is 1.27 bits per heavy atom. The Balaban J connectivity index is 1.81. The van der Waals surface area contributed by atoms with Crippen LogP contribution in [0.25, 0.3) is 0 Å². The van der Waals surface area contributed by atoms with Crippen molar-refractivity contribution in [3.05, 3.63) is 58.0 Å². The molecule has 2 aromatic rings. The van der Waals surface area contributed by atoms with Gasteiger partial charge >= 0.3 is 6.18 Å². The van der Waals surface area contributed by atoms with Crippen LogP contribution in [0.2, 0.25) is 0 Å². The summed E-state index contributed by atoms with van der Waals surface area (Å²) in [5.74, 6) is 4.72. The second kappa shape index (κ2) is 8.20. The number of nitrogens with zero attached hydrogens (tertiary/aromatic N) is 2. The van der Waals surface area contributed by atoms with Gasteiger partial charge in [-0.15, -0.1) is 0 Å². The number of hydrogen-bond donors (Lipinski definition) is 1. The third kappa shape index (κ3) is 5.37. The number of alkyl halides is 3. The van der Waals surface area contributed by atoms with E-state index in [0.29, 0.717) is 0 Å². The predicted octanol–water partition coefficient (Wildman–Crippen LogP) is 1.61. The molecule has 1 aromatic carbocycles. The van der Waals surface area contributed by atoms with Crippen LogP contribution in [0.15, 0.2) is 41.2 Å². The summed E-state index contributed by atoms with van der Waals surface area (Å²) in [4.78, 5) is 23.0. The Morgan fingerprint density at radius 3 is 2.73 bits per heavy atom. The van der Waals surface area contributed by atoms with Crippen LogP contribution in [0.5, 0.6) is 5.75 Å². The molecular weight excluding hydrogens is 351 g/mol. The maximum atomic E-state index is 12.6. The minimum Gasteiger partial charge on any atom is -0.481 e. The van der Waals surface area contributed by atoms with Crippen LogP contribution in [0.1, 0.15) is 16.1 Å². The van der Waals surface area contributed by atoms with Gasteiger partial charge in [-0.2, -0.15) is 18.3 Å². The molecule has 0 bridgehead atoms. The zero-order valence-electron chi connectivity index (χ0n) is 13.6. The van der Waals surface area contributed by atoms with Crippen molar-refractivity contribution in [2.24, 2.45) is 7.05 Å². The number of benzene rings is 1. The van der Waals surface area contributed by atoms with E-state index in [-0.39, 0.29) is 30.2 Å². The maximum Gasteiger partial charge on any atom is 0.416 e. The van der Waals surface area contributed by atoms with Crippen molar-refractivity contribution >= 4 is 5.91 Å². The molecule has 0 unspecified atom stereocenters. The highest BCUT2D eigenvalue weighted by molar-refractivity contribution is 5.92. The van der Waals surface area contributed by atoms with Crippen LogP contribution in [0.3, 0.4) is 0 Å². The summed E-state index contributed by atoms with van der Waals surface area (Å²) in [6.07, 6.45) is -4.44. The minimum atomic E-state index is -4.44. The first kappa shape index (κ1) is 19.1. The summed E-state index contributed by atoms with van der Waals surface area (Å²) >= 11 is 0. The summed E-state index contributed by atoms with van der Waals surface area (Å²) in [6, 6.07) is 6.98. The Hall–Kier alpha value is -3.28. The first-order valence-corrected chi connectivity index (χ1v) is 7.36.